The zero-order chi connectivity index (χ0) is 20.7. The molecular formula is C25H32N4O. The van der Waals surface area contributed by atoms with Gasteiger partial charge in [-0.2, -0.15) is 0 Å². The van der Waals surface area contributed by atoms with Gasteiger partial charge in [0.05, 0.1) is 5.52 Å². The van der Waals surface area contributed by atoms with Gasteiger partial charge in [-0.15, -0.1) is 0 Å². The predicted molar refractivity (Wildman–Crippen MR) is 117 cm³/mol. The molecule has 5 heteroatoms. The highest BCUT2D eigenvalue weighted by molar-refractivity contribution is 5.89. The molecule has 0 bridgehead atoms. The Labute approximate surface area is 178 Å². The number of rotatable bonds is 1. The third-order valence-corrected chi connectivity index (χ3v) is 9.73. The van der Waals surface area contributed by atoms with Gasteiger partial charge in [-0.1, -0.05) is 19.9 Å². The Morgan fingerprint density at radius 2 is 2.00 bits per heavy atom. The van der Waals surface area contributed by atoms with Crippen molar-refractivity contribution in [1.82, 2.24) is 19.9 Å². The van der Waals surface area contributed by atoms with Crippen molar-refractivity contribution < 1.29 is 4.79 Å². The van der Waals surface area contributed by atoms with Crippen molar-refractivity contribution in [1.29, 1.82) is 0 Å². The van der Waals surface area contributed by atoms with Gasteiger partial charge in [-0.3, -0.25) is 4.79 Å². The molecule has 5 nitrogen and oxygen atoms in total. The number of amides is 1. The first-order valence-corrected chi connectivity index (χ1v) is 11.7. The summed E-state index contributed by atoms with van der Waals surface area (Å²) < 4.78 is 0. The minimum absolute atomic E-state index is 0.119. The zero-order valence-corrected chi connectivity index (χ0v) is 18.3. The average Bonchev–Trinajstić information content (AvgIpc) is 3.31. The van der Waals surface area contributed by atoms with Crippen molar-refractivity contribution in [3.8, 4) is 0 Å². The van der Waals surface area contributed by atoms with Crippen molar-refractivity contribution in [2.24, 2.45) is 28.6 Å². The lowest BCUT2D eigenvalue weighted by Crippen LogP contribution is -2.59. The number of likely N-dealkylation sites (N-methyl/N-ethyl adjacent to an activating group) is 1. The first-order valence-electron chi connectivity index (χ1n) is 11.7. The summed E-state index contributed by atoms with van der Waals surface area (Å²) in [6.07, 6.45) is 13.4. The van der Waals surface area contributed by atoms with Crippen molar-refractivity contribution in [3.05, 3.63) is 36.3 Å². The SMILES string of the molecule is CN1C(=O)C=C[C@]2(C)[C@H]3CC[C@]4(C)[C@@H](c5nc6ncccc6[nH]5)CC[C@H]4[C@@H]3CC[C@@H]12. The van der Waals surface area contributed by atoms with Crippen LogP contribution in [0.15, 0.2) is 30.5 Å². The second kappa shape index (κ2) is 6.18. The van der Waals surface area contributed by atoms with E-state index in [4.69, 9.17) is 4.98 Å². The van der Waals surface area contributed by atoms with E-state index in [2.05, 4.69) is 36.0 Å². The summed E-state index contributed by atoms with van der Waals surface area (Å²) in [6, 6.07) is 4.42. The first kappa shape index (κ1) is 18.6. The fourth-order valence-electron chi connectivity index (χ4n) is 8.22. The minimum atomic E-state index is 0.119. The van der Waals surface area contributed by atoms with E-state index in [-0.39, 0.29) is 11.3 Å². The number of carbonyl (C=O) groups is 1. The van der Waals surface area contributed by atoms with E-state index >= 15 is 0 Å². The molecule has 0 unspecified atom stereocenters. The third-order valence-electron chi connectivity index (χ3n) is 9.73. The lowest BCUT2D eigenvalue weighted by atomic mass is 9.47. The topological polar surface area (TPSA) is 61.9 Å². The molecule has 4 aliphatic rings. The van der Waals surface area contributed by atoms with Gasteiger partial charge in [-0.25, -0.2) is 9.97 Å². The number of aromatic amines is 1. The number of pyridine rings is 1. The lowest BCUT2D eigenvalue weighted by Gasteiger charge is -2.60. The standard InChI is InChI=1S/C25H32N4O/c1-24-12-10-17-15(6-9-20-25(17,2)13-11-21(30)29(20)3)16(24)7-8-18(24)22-27-19-5-4-14-26-23(19)28-22/h4-5,11,13-18,20H,6-10,12H2,1-3H3,(H,26,27,28)/t15-,16-,17-,18+,20+,24-,25+/m0/s1. The Bertz CT molecular complexity index is 1010. The summed E-state index contributed by atoms with van der Waals surface area (Å²) in [5, 5.41) is 0. The molecule has 0 spiro atoms. The van der Waals surface area contributed by atoms with Crippen molar-refractivity contribution in [3.63, 3.8) is 0 Å². The van der Waals surface area contributed by atoms with Crippen LogP contribution >= 0.6 is 0 Å². The van der Waals surface area contributed by atoms with Crippen LogP contribution < -0.4 is 0 Å². The van der Waals surface area contributed by atoms with E-state index in [1.807, 2.05) is 30.3 Å². The molecule has 158 valence electrons. The summed E-state index contributed by atoms with van der Waals surface area (Å²) in [6.45, 7) is 4.96. The summed E-state index contributed by atoms with van der Waals surface area (Å²) in [5.74, 6) is 4.00. The molecule has 3 fully saturated rings. The van der Waals surface area contributed by atoms with E-state index < -0.39 is 0 Å². The summed E-state index contributed by atoms with van der Waals surface area (Å²) >= 11 is 0. The minimum Gasteiger partial charge on any atom is -0.340 e. The number of aromatic nitrogens is 3. The summed E-state index contributed by atoms with van der Waals surface area (Å²) in [7, 11) is 2.00. The maximum atomic E-state index is 12.3. The Kier molecular flexibility index (Phi) is 3.83. The Morgan fingerprint density at radius 3 is 2.83 bits per heavy atom. The molecule has 6 rings (SSSR count). The van der Waals surface area contributed by atoms with Gasteiger partial charge in [0, 0.05) is 30.6 Å². The molecule has 3 saturated carbocycles. The number of nitrogens with zero attached hydrogens (tertiary/aromatic N) is 3. The average molecular weight is 405 g/mol. The van der Waals surface area contributed by atoms with Crippen LogP contribution in [0.5, 0.6) is 0 Å². The van der Waals surface area contributed by atoms with Gasteiger partial charge in [-0.05, 0) is 79.9 Å². The highest BCUT2D eigenvalue weighted by Gasteiger charge is 2.60. The molecule has 3 aliphatic carbocycles. The van der Waals surface area contributed by atoms with Gasteiger partial charge in [0.15, 0.2) is 5.65 Å². The summed E-state index contributed by atoms with van der Waals surface area (Å²) in [4.78, 5) is 27.3. The van der Waals surface area contributed by atoms with Crippen LogP contribution in [0.4, 0.5) is 0 Å². The predicted octanol–water partition coefficient (Wildman–Crippen LogP) is 4.68. The highest BCUT2D eigenvalue weighted by atomic mass is 16.2. The van der Waals surface area contributed by atoms with Gasteiger partial charge >= 0.3 is 0 Å². The fourth-order valence-corrected chi connectivity index (χ4v) is 8.22. The van der Waals surface area contributed by atoms with Crippen LogP contribution in [-0.4, -0.2) is 38.8 Å². The number of carbonyl (C=O) groups excluding carboxylic acids is 1. The monoisotopic (exact) mass is 404 g/mol. The van der Waals surface area contributed by atoms with Gasteiger partial charge in [0.2, 0.25) is 5.91 Å². The van der Waals surface area contributed by atoms with Crippen molar-refractivity contribution in [2.75, 3.05) is 7.05 Å². The third kappa shape index (κ3) is 2.32. The molecule has 1 aliphatic heterocycles. The van der Waals surface area contributed by atoms with Crippen LogP contribution in [0.2, 0.25) is 0 Å². The van der Waals surface area contributed by atoms with Crippen molar-refractivity contribution in [2.45, 2.75) is 64.3 Å². The molecule has 0 saturated heterocycles. The van der Waals surface area contributed by atoms with Crippen LogP contribution in [0, 0.1) is 28.6 Å². The molecule has 0 radical (unpaired) electrons. The van der Waals surface area contributed by atoms with Gasteiger partial charge in [0.25, 0.3) is 0 Å². The zero-order valence-electron chi connectivity index (χ0n) is 18.3. The smallest absolute Gasteiger partial charge is 0.246 e. The van der Waals surface area contributed by atoms with Crippen LogP contribution in [0.3, 0.4) is 0 Å². The van der Waals surface area contributed by atoms with E-state index in [0.29, 0.717) is 23.3 Å². The normalized spacial score (nSPS) is 42.8. The second-order valence-corrected chi connectivity index (χ2v) is 10.8. The number of nitrogens with one attached hydrogen (secondary N) is 1. The molecule has 0 aromatic carbocycles. The van der Waals surface area contributed by atoms with E-state index in [1.165, 1.54) is 32.1 Å². The number of H-pyrrole nitrogens is 1. The highest BCUT2D eigenvalue weighted by Crippen LogP contribution is 2.67. The quantitative estimate of drug-likeness (QED) is 0.751. The van der Waals surface area contributed by atoms with Crippen molar-refractivity contribution >= 4 is 17.1 Å². The number of fused-ring (bicyclic) bond motifs is 6. The molecule has 2 aromatic heterocycles. The van der Waals surface area contributed by atoms with E-state index in [0.717, 1.165) is 35.2 Å². The number of imidazole rings is 1. The Morgan fingerprint density at radius 1 is 1.13 bits per heavy atom. The van der Waals surface area contributed by atoms with E-state index in [9.17, 15) is 4.79 Å². The molecule has 2 aromatic rings. The van der Waals surface area contributed by atoms with Gasteiger partial charge in [0.1, 0.15) is 5.82 Å². The number of hydrogen-bond donors (Lipinski definition) is 1. The molecule has 30 heavy (non-hydrogen) atoms. The number of hydrogen-bond acceptors (Lipinski definition) is 3. The van der Waals surface area contributed by atoms with Crippen LogP contribution in [0.25, 0.3) is 11.2 Å². The fraction of sp³-hybridized carbons (Fsp3) is 0.640. The Hall–Kier alpha value is -2.17. The van der Waals surface area contributed by atoms with Crippen LogP contribution in [-0.2, 0) is 4.79 Å². The van der Waals surface area contributed by atoms with Gasteiger partial charge < -0.3 is 9.88 Å². The summed E-state index contributed by atoms with van der Waals surface area (Å²) in [5.41, 5.74) is 2.33. The molecule has 1 N–H and O–H groups in total. The first-order chi connectivity index (χ1) is 14.4. The molecular weight excluding hydrogens is 372 g/mol. The lowest BCUT2D eigenvalue weighted by molar-refractivity contribution is -0.138. The Balaban J connectivity index is 1.34. The largest absolute Gasteiger partial charge is 0.340 e. The molecule has 3 heterocycles. The molecule has 7 atom stereocenters. The molecule has 1 amide bonds. The second-order valence-electron chi connectivity index (χ2n) is 10.8. The van der Waals surface area contributed by atoms with Crippen LogP contribution in [0.1, 0.15) is 64.1 Å². The van der Waals surface area contributed by atoms with E-state index in [1.54, 1.807) is 0 Å². The maximum Gasteiger partial charge on any atom is 0.246 e. The maximum absolute atomic E-state index is 12.3.